The van der Waals surface area contributed by atoms with Crippen LogP contribution in [0.5, 0.6) is 0 Å². The third-order valence-corrected chi connectivity index (χ3v) is 4.54. The van der Waals surface area contributed by atoms with Crippen molar-refractivity contribution in [1.29, 1.82) is 0 Å². The third-order valence-electron chi connectivity index (χ3n) is 3.85. The Balaban J connectivity index is 2.07. The van der Waals surface area contributed by atoms with Gasteiger partial charge >= 0.3 is 0 Å². The maximum absolute atomic E-state index is 3.72. The van der Waals surface area contributed by atoms with Crippen molar-refractivity contribution in [2.24, 2.45) is 0 Å². The van der Waals surface area contributed by atoms with Crippen LogP contribution in [0.15, 0.2) is 22.7 Å². The van der Waals surface area contributed by atoms with Crippen molar-refractivity contribution in [2.75, 3.05) is 6.54 Å². The number of benzene rings is 1. The van der Waals surface area contributed by atoms with Gasteiger partial charge in [-0.05, 0) is 55.3 Å². The summed E-state index contributed by atoms with van der Waals surface area (Å²) in [5.41, 5.74) is 2.89. The lowest BCUT2D eigenvalue weighted by Gasteiger charge is -2.15. The SMILES string of the molecule is CCC(C)c1ccc(CC2CCCN2)cc1Br. The number of rotatable bonds is 4. The standard InChI is InChI=1S/C15H22BrN/c1-3-11(2)14-7-6-12(10-15(14)16)9-13-5-4-8-17-13/h6-7,10-11,13,17H,3-5,8-9H2,1-2H3. The highest BCUT2D eigenvalue weighted by atomic mass is 79.9. The van der Waals surface area contributed by atoms with E-state index in [4.69, 9.17) is 0 Å². The second-order valence-electron chi connectivity index (χ2n) is 5.16. The molecule has 1 aromatic rings. The summed E-state index contributed by atoms with van der Waals surface area (Å²) in [6, 6.07) is 7.59. The van der Waals surface area contributed by atoms with E-state index in [0.29, 0.717) is 12.0 Å². The van der Waals surface area contributed by atoms with Gasteiger partial charge in [-0.1, -0.05) is 41.9 Å². The van der Waals surface area contributed by atoms with Crippen molar-refractivity contribution in [3.05, 3.63) is 33.8 Å². The number of hydrogen-bond acceptors (Lipinski definition) is 1. The quantitative estimate of drug-likeness (QED) is 0.875. The summed E-state index contributed by atoms with van der Waals surface area (Å²) in [7, 11) is 0. The van der Waals surface area contributed by atoms with Crippen molar-refractivity contribution in [3.63, 3.8) is 0 Å². The fraction of sp³-hybridized carbons (Fsp3) is 0.600. The summed E-state index contributed by atoms with van der Waals surface area (Å²) in [5.74, 6) is 0.642. The lowest BCUT2D eigenvalue weighted by molar-refractivity contribution is 0.602. The summed E-state index contributed by atoms with van der Waals surface area (Å²) in [4.78, 5) is 0. The fourth-order valence-corrected chi connectivity index (χ4v) is 3.35. The van der Waals surface area contributed by atoms with Gasteiger partial charge in [0.1, 0.15) is 0 Å². The molecule has 0 aliphatic carbocycles. The predicted octanol–water partition coefficient (Wildman–Crippen LogP) is 4.26. The monoisotopic (exact) mass is 295 g/mol. The van der Waals surface area contributed by atoms with E-state index in [2.05, 4.69) is 53.3 Å². The van der Waals surface area contributed by atoms with E-state index in [1.54, 1.807) is 0 Å². The normalized spacial score (nSPS) is 21.7. The molecule has 1 aliphatic rings. The lowest BCUT2D eigenvalue weighted by Crippen LogP contribution is -2.23. The Kier molecular flexibility index (Phi) is 4.63. The minimum atomic E-state index is 0.642. The molecule has 0 radical (unpaired) electrons. The zero-order valence-electron chi connectivity index (χ0n) is 10.8. The Morgan fingerprint density at radius 1 is 1.47 bits per heavy atom. The molecule has 2 atom stereocenters. The highest BCUT2D eigenvalue weighted by Gasteiger charge is 2.15. The summed E-state index contributed by atoms with van der Waals surface area (Å²) < 4.78 is 1.28. The van der Waals surface area contributed by atoms with E-state index >= 15 is 0 Å². The van der Waals surface area contributed by atoms with Crippen LogP contribution in [0.2, 0.25) is 0 Å². The molecule has 94 valence electrons. The Morgan fingerprint density at radius 2 is 2.29 bits per heavy atom. The highest BCUT2D eigenvalue weighted by Crippen LogP contribution is 2.28. The molecule has 1 N–H and O–H groups in total. The van der Waals surface area contributed by atoms with Gasteiger partial charge in [0.15, 0.2) is 0 Å². The van der Waals surface area contributed by atoms with Crippen LogP contribution < -0.4 is 5.32 Å². The molecular formula is C15H22BrN. The van der Waals surface area contributed by atoms with Gasteiger partial charge in [0.2, 0.25) is 0 Å². The molecule has 1 aromatic carbocycles. The first kappa shape index (κ1) is 13.1. The van der Waals surface area contributed by atoms with Gasteiger partial charge in [-0.15, -0.1) is 0 Å². The largest absolute Gasteiger partial charge is 0.314 e. The van der Waals surface area contributed by atoms with Gasteiger partial charge in [-0.2, -0.15) is 0 Å². The summed E-state index contributed by atoms with van der Waals surface area (Å²) >= 11 is 3.72. The van der Waals surface area contributed by atoms with E-state index in [-0.39, 0.29) is 0 Å². The molecule has 0 bridgehead atoms. The molecule has 1 heterocycles. The average molecular weight is 296 g/mol. The number of nitrogens with one attached hydrogen (secondary N) is 1. The number of hydrogen-bond donors (Lipinski definition) is 1. The molecule has 17 heavy (non-hydrogen) atoms. The smallest absolute Gasteiger partial charge is 0.0212 e. The van der Waals surface area contributed by atoms with Crippen LogP contribution in [0.4, 0.5) is 0 Å². The van der Waals surface area contributed by atoms with Gasteiger partial charge in [0, 0.05) is 10.5 Å². The summed E-state index contributed by atoms with van der Waals surface area (Å²) in [5, 5.41) is 3.56. The Hall–Kier alpha value is -0.340. The summed E-state index contributed by atoms with van der Waals surface area (Å²) in [6.07, 6.45) is 5.02. The van der Waals surface area contributed by atoms with Gasteiger partial charge in [0.05, 0.1) is 0 Å². The molecule has 2 rings (SSSR count). The van der Waals surface area contributed by atoms with Gasteiger partial charge in [0.25, 0.3) is 0 Å². The van der Waals surface area contributed by atoms with E-state index in [1.807, 2.05) is 0 Å². The lowest BCUT2D eigenvalue weighted by atomic mass is 9.96. The van der Waals surface area contributed by atoms with Crippen molar-refractivity contribution < 1.29 is 0 Å². The van der Waals surface area contributed by atoms with Crippen molar-refractivity contribution in [2.45, 2.75) is 51.5 Å². The van der Waals surface area contributed by atoms with E-state index in [9.17, 15) is 0 Å². The van der Waals surface area contributed by atoms with E-state index in [1.165, 1.54) is 47.8 Å². The van der Waals surface area contributed by atoms with Crippen LogP contribution >= 0.6 is 15.9 Å². The topological polar surface area (TPSA) is 12.0 Å². The van der Waals surface area contributed by atoms with Crippen molar-refractivity contribution in [3.8, 4) is 0 Å². The fourth-order valence-electron chi connectivity index (χ4n) is 2.53. The van der Waals surface area contributed by atoms with Gasteiger partial charge in [-0.25, -0.2) is 0 Å². The molecule has 0 spiro atoms. The molecule has 2 unspecified atom stereocenters. The van der Waals surface area contributed by atoms with Crippen LogP contribution in [-0.2, 0) is 6.42 Å². The van der Waals surface area contributed by atoms with Crippen LogP contribution in [0.25, 0.3) is 0 Å². The maximum atomic E-state index is 3.72. The highest BCUT2D eigenvalue weighted by molar-refractivity contribution is 9.10. The van der Waals surface area contributed by atoms with Crippen molar-refractivity contribution in [1.82, 2.24) is 5.32 Å². The second kappa shape index (κ2) is 6.01. The molecule has 1 fully saturated rings. The molecule has 0 amide bonds. The first-order valence-corrected chi connectivity index (χ1v) is 7.51. The van der Waals surface area contributed by atoms with Crippen molar-refractivity contribution >= 4 is 15.9 Å². The predicted molar refractivity (Wildman–Crippen MR) is 77.6 cm³/mol. The first-order valence-electron chi connectivity index (χ1n) is 6.72. The zero-order valence-corrected chi connectivity index (χ0v) is 12.4. The van der Waals surface area contributed by atoms with Crippen LogP contribution in [0, 0.1) is 0 Å². The summed E-state index contributed by atoms with van der Waals surface area (Å²) in [6.45, 7) is 5.72. The van der Waals surface area contributed by atoms with E-state index < -0.39 is 0 Å². The number of halogens is 1. The molecule has 1 saturated heterocycles. The molecule has 1 nitrogen and oxygen atoms in total. The second-order valence-corrected chi connectivity index (χ2v) is 6.02. The molecule has 0 saturated carbocycles. The van der Waals surface area contributed by atoms with Crippen LogP contribution in [0.1, 0.15) is 50.2 Å². The third kappa shape index (κ3) is 3.32. The minimum Gasteiger partial charge on any atom is -0.314 e. The van der Waals surface area contributed by atoms with Crippen LogP contribution in [0.3, 0.4) is 0 Å². The Labute approximate surface area is 113 Å². The molecule has 2 heteroatoms. The van der Waals surface area contributed by atoms with Gasteiger partial charge in [-0.3, -0.25) is 0 Å². The molecule has 1 aliphatic heterocycles. The molecule has 0 aromatic heterocycles. The molecular weight excluding hydrogens is 274 g/mol. The zero-order chi connectivity index (χ0) is 12.3. The Bertz CT molecular complexity index is 369. The maximum Gasteiger partial charge on any atom is 0.0212 e. The van der Waals surface area contributed by atoms with Crippen LogP contribution in [-0.4, -0.2) is 12.6 Å². The first-order chi connectivity index (χ1) is 8.20. The van der Waals surface area contributed by atoms with Gasteiger partial charge < -0.3 is 5.32 Å². The van der Waals surface area contributed by atoms with E-state index in [0.717, 1.165) is 0 Å². The Morgan fingerprint density at radius 3 is 2.88 bits per heavy atom. The minimum absolute atomic E-state index is 0.642. The average Bonchev–Trinajstić information content (AvgIpc) is 2.81.